The fourth-order valence-corrected chi connectivity index (χ4v) is 1.23. The third kappa shape index (κ3) is 6.14. The van der Waals surface area contributed by atoms with E-state index in [4.69, 9.17) is 17.0 Å². The normalized spacial score (nSPS) is 10.2. The van der Waals surface area contributed by atoms with E-state index in [1.807, 2.05) is 13.8 Å². The van der Waals surface area contributed by atoms with E-state index in [9.17, 15) is 4.79 Å². The summed E-state index contributed by atoms with van der Waals surface area (Å²) in [7, 11) is 0. The van der Waals surface area contributed by atoms with Gasteiger partial charge in [-0.15, -0.1) is 0 Å². The number of rotatable bonds is 5. The van der Waals surface area contributed by atoms with Gasteiger partial charge in [-0.05, 0) is 18.1 Å². The molecule has 1 aromatic rings. The molecule has 0 radical (unpaired) electrons. The standard InChI is InChI=1S/C10H17N5O2S/c1-8(2)5-17-10(16)14-9(18)12-3-4-15-7-11-6-13-15/h6-8H,3-5H2,1-2H3,(H2,12,14,16,18). The maximum atomic E-state index is 11.3. The average molecular weight is 271 g/mol. The lowest BCUT2D eigenvalue weighted by molar-refractivity contribution is 0.138. The van der Waals surface area contributed by atoms with Gasteiger partial charge in [-0.2, -0.15) is 5.10 Å². The number of ether oxygens (including phenoxy) is 1. The maximum absolute atomic E-state index is 11.3. The Balaban J connectivity index is 2.11. The van der Waals surface area contributed by atoms with Crippen molar-refractivity contribution >= 4 is 23.4 Å². The molecule has 1 aromatic heterocycles. The Morgan fingerprint density at radius 2 is 2.33 bits per heavy atom. The Hall–Kier alpha value is -1.70. The predicted molar refractivity (Wildman–Crippen MR) is 69.9 cm³/mol. The highest BCUT2D eigenvalue weighted by Gasteiger charge is 2.05. The molecular weight excluding hydrogens is 254 g/mol. The first-order valence-electron chi connectivity index (χ1n) is 5.62. The van der Waals surface area contributed by atoms with Gasteiger partial charge in [-0.25, -0.2) is 9.78 Å². The summed E-state index contributed by atoms with van der Waals surface area (Å²) in [6, 6.07) is 0. The number of hydrogen-bond acceptors (Lipinski definition) is 5. The monoisotopic (exact) mass is 271 g/mol. The lowest BCUT2D eigenvalue weighted by Gasteiger charge is -2.10. The van der Waals surface area contributed by atoms with Crippen LogP contribution in [0.15, 0.2) is 12.7 Å². The Bertz CT molecular complexity index is 380. The van der Waals surface area contributed by atoms with Gasteiger partial charge in [0.15, 0.2) is 5.11 Å². The van der Waals surface area contributed by atoms with E-state index in [1.54, 1.807) is 11.0 Å². The highest BCUT2D eigenvalue weighted by molar-refractivity contribution is 7.80. The first-order valence-corrected chi connectivity index (χ1v) is 6.02. The lowest BCUT2D eigenvalue weighted by Crippen LogP contribution is -2.41. The molecule has 100 valence electrons. The molecule has 1 amide bonds. The second kappa shape index (κ2) is 7.59. The fourth-order valence-electron chi connectivity index (χ4n) is 1.05. The lowest BCUT2D eigenvalue weighted by atomic mass is 10.2. The highest BCUT2D eigenvalue weighted by Crippen LogP contribution is 1.92. The number of thiocarbonyl (C=S) groups is 1. The van der Waals surface area contributed by atoms with Crippen molar-refractivity contribution in [3.8, 4) is 0 Å². The van der Waals surface area contributed by atoms with Crippen LogP contribution in [0.2, 0.25) is 0 Å². The predicted octanol–water partition coefficient (Wildman–Crippen LogP) is 0.535. The number of hydrogen-bond donors (Lipinski definition) is 2. The van der Waals surface area contributed by atoms with Crippen molar-refractivity contribution in [3.05, 3.63) is 12.7 Å². The maximum Gasteiger partial charge on any atom is 0.413 e. The van der Waals surface area contributed by atoms with Crippen molar-refractivity contribution in [2.24, 2.45) is 5.92 Å². The van der Waals surface area contributed by atoms with E-state index < -0.39 is 6.09 Å². The molecule has 0 spiro atoms. The van der Waals surface area contributed by atoms with Crippen molar-refractivity contribution in [1.29, 1.82) is 0 Å². The number of aromatic nitrogens is 3. The molecule has 18 heavy (non-hydrogen) atoms. The van der Waals surface area contributed by atoms with Crippen LogP contribution >= 0.6 is 12.2 Å². The molecule has 0 aliphatic rings. The summed E-state index contributed by atoms with van der Waals surface area (Å²) in [5, 5.41) is 9.47. The summed E-state index contributed by atoms with van der Waals surface area (Å²) in [6.07, 6.45) is 2.52. The Kier molecular flexibility index (Phi) is 6.06. The van der Waals surface area contributed by atoms with Crippen molar-refractivity contribution in [2.45, 2.75) is 20.4 Å². The van der Waals surface area contributed by atoms with Gasteiger partial charge in [-0.1, -0.05) is 13.8 Å². The number of amides is 1. The third-order valence-corrected chi connectivity index (χ3v) is 2.10. The van der Waals surface area contributed by atoms with Gasteiger partial charge >= 0.3 is 6.09 Å². The van der Waals surface area contributed by atoms with Gasteiger partial charge in [0.05, 0.1) is 13.2 Å². The zero-order chi connectivity index (χ0) is 13.4. The Labute approximate surface area is 111 Å². The van der Waals surface area contributed by atoms with Crippen LogP contribution in [-0.4, -0.2) is 39.1 Å². The molecule has 0 saturated heterocycles. The van der Waals surface area contributed by atoms with Gasteiger partial charge in [-0.3, -0.25) is 10.00 Å². The van der Waals surface area contributed by atoms with E-state index >= 15 is 0 Å². The van der Waals surface area contributed by atoms with Crippen LogP contribution in [-0.2, 0) is 11.3 Å². The fraction of sp³-hybridized carbons (Fsp3) is 0.600. The van der Waals surface area contributed by atoms with Crippen molar-refractivity contribution in [3.63, 3.8) is 0 Å². The number of alkyl carbamates (subject to hydrolysis) is 1. The van der Waals surface area contributed by atoms with Gasteiger partial charge < -0.3 is 10.1 Å². The van der Waals surface area contributed by atoms with Crippen molar-refractivity contribution in [1.82, 2.24) is 25.4 Å². The minimum atomic E-state index is -0.540. The van der Waals surface area contributed by atoms with Crippen LogP contribution in [0, 0.1) is 5.92 Å². The quantitative estimate of drug-likeness (QED) is 0.761. The smallest absolute Gasteiger partial charge is 0.413 e. The summed E-state index contributed by atoms with van der Waals surface area (Å²) in [5.41, 5.74) is 0. The van der Waals surface area contributed by atoms with Crippen LogP contribution in [0.5, 0.6) is 0 Å². The van der Waals surface area contributed by atoms with Crippen molar-refractivity contribution < 1.29 is 9.53 Å². The molecule has 0 bridgehead atoms. The first kappa shape index (κ1) is 14.4. The second-order valence-electron chi connectivity index (χ2n) is 4.03. The van der Waals surface area contributed by atoms with Crippen molar-refractivity contribution in [2.75, 3.05) is 13.2 Å². The number of nitrogens with one attached hydrogen (secondary N) is 2. The van der Waals surface area contributed by atoms with Crippen LogP contribution < -0.4 is 10.6 Å². The molecule has 0 saturated carbocycles. The van der Waals surface area contributed by atoms with E-state index in [1.165, 1.54) is 6.33 Å². The summed E-state index contributed by atoms with van der Waals surface area (Å²) in [6.45, 7) is 5.45. The van der Waals surface area contributed by atoms with Crippen LogP contribution in [0.4, 0.5) is 4.79 Å². The van der Waals surface area contributed by atoms with Crippen LogP contribution in [0.1, 0.15) is 13.8 Å². The molecule has 0 aliphatic heterocycles. The first-order chi connectivity index (χ1) is 8.58. The molecule has 1 rings (SSSR count). The molecule has 2 N–H and O–H groups in total. The van der Waals surface area contributed by atoms with Crippen LogP contribution in [0.3, 0.4) is 0 Å². The third-order valence-electron chi connectivity index (χ3n) is 1.86. The molecule has 0 unspecified atom stereocenters. The minimum Gasteiger partial charge on any atom is -0.449 e. The van der Waals surface area contributed by atoms with E-state index in [0.717, 1.165) is 0 Å². The summed E-state index contributed by atoms with van der Waals surface area (Å²) in [4.78, 5) is 15.1. The number of carbonyl (C=O) groups excluding carboxylic acids is 1. The molecule has 0 fully saturated rings. The van der Waals surface area contributed by atoms with Gasteiger partial charge in [0.2, 0.25) is 0 Å². The molecule has 7 nitrogen and oxygen atoms in total. The van der Waals surface area contributed by atoms with E-state index in [0.29, 0.717) is 25.6 Å². The van der Waals surface area contributed by atoms with Gasteiger partial charge in [0.1, 0.15) is 12.7 Å². The molecule has 8 heteroatoms. The SMILES string of the molecule is CC(C)COC(=O)NC(=S)NCCn1cncn1. The van der Waals surface area contributed by atoms with Gasteiger partial charge in [0.25, 0.3) is 0 Å². The Morgan fingerprint density at radius 3 is 2.94 bits per heavy atom. The van der Waals surface area contributed by atoms with E-state index in [2.05, 4.69) is 20.7 Å². The second-order valence-corrected chi connectivity index (χ2v) is 4.44. The summed E-state index contributed by atoms with van der Waals surface area (Å²) in [5.74, 6) is 0.296. The number of carbonyl (C=O) groups is 1. The number of nitrogens with zero attached hydrogens (tertiary/aromatic N) is 3. The topological polar surface area (TPSA) is 81.1 Å². The molecule has 1 heterocycles. The molecular formula is C10H17N5O2S. The summed E-state index contributed by atoms with van der Waals surface area (Å²) >= 11 is 4.94. The minimum absolute atomic E-state index is 0.240. The largest absolute Gasteiger partial charge is 0.449 e. The summed E-state index contributed by atoms with van der Waals surface area (Å²) < 4.78 is 6.58. The van der Waals surface area contributed by atoms with Crippen LogP contribution in [0.25, 0.3) is 0 Å². The zero-order valence-corrected chi connectivity index (χ0v) is 11.2. The Morgan fingerprint density at radius 1 is 1.56 bits per heavy atom. The molecule has 0 aliphatic carbocycles. The highest BCUT2D eigenvalue weighted by atomic mass is 32.1. The van der Waals surface area contributed by atoms with Gasteiger partial charge in [0, 0.05) is 6.54 Å². The zero-order valence-electron chi connectivity index (χ0n) is 10.4. The van der Waals surface area contributed by atoms with E-state index in [-0.39, 0.29) is 5.11 Å². The molecule has 0 aromatic carbocycles. The average Bonchev–Trinajstić information content (AvgIpc) is 2.79. The molecule has 0 atom stereocenters.